The fourth-order valence-corrected chi connectivity index (χ4v) is 2.13. The van der Waals surface area contributed by atoms with Crippen LogP contribution < -0.4 is 10.2 Å². The molecule has 0 aliphatic carbocycles. The number of hydrogen-bond donors (Lipinski definition) is 1. The van der Waals surface area contributed by atoms with E-state index in [2.05, 4.69) is 42.0 Å². The van der Waals surface area contributed by atoms with E-state index in [1.54, 1.807) is 0 Å². The largest absolute Gasteiger partial charge is 0.370 e. The second-order valence-electron chi connectivity index (χ2n) is 4.71. The van der Waals surface area contributed by atoms with Gasteiger partial charge in [0.1, 0.15) is 17.5 Å². The molecule has 1 heterocycles. The Labute approximate surface area is 122 Å². The lowest BCUT2D eigenvalue weighted by molar-refractivity contribution is 0.774. The number of nitrogens with zero attached hydrogens (tertiary/aromatic N) is 4. The summed E-state index contributed by atoms with van der Waals surface area (Å²) in [6.45, 7) is 10.7. The molecule has 20 heavy (non-hydrogen) atoms. The summed E-state index contributed by atoms with van der Waals surface area (Å²) in [6.07, 6.45) is 2.41. The molecule has 0 unspecified atom stereocenters. The van der Waals surface area contributed by atoms with Crippen molar-refractivity contribution in [1.29, 1.82) is 5.26 Å². The second kappa shape index (κ2) is 8.36. The maximum absolute atomic E-state index is 8.78. The van der Waals surface area contributed by atoms with Gasteiger partial charge in [-0.2, -0.15) is 5.26 Å². The molecule has 0 aliphatic heterocycles. The molecular formula is C15H25N5. The molecule has 1 aromatic rings. The van der Waals surface area contributed by atoms with Crippen molar-refractivity contribution in [2.75, 3.05) is 29.9 Å². The maximum Gasteiger partial charge on any atom is 0.137 e. The molecule has 5 nitrogen and oxygen atoms in total. The Morgan fingerprint density at radius 1 is 1.25 bits per heavy atom. The minimum atomic E-state index is 0.511. The van der Waals surface area contributed by atoms with Gasteiger partial charge < -0.3 is 10.2 Å². The monoisotopic (exact) mass is 275 g/mol. The molecule has 0 saturated carbocycles. The average molecular weight is 275 g/mol. The average Bonchev–Trinajstić information content (AvgIpc) is 2.44. The quantitative estimate of drug-likeness (QED) is 0.790. The van der Waals surface area contributed by atoms with Gasteiger partial charge in [-0.3, -0.25) is 0 Å². The topological polar surface area (TPSA) is 64.8 Å². The number of rotatable bonds is 8. The van der Waals surface area contributed by atoms with Gasteiger partial charge >= 0.3 is 0 Å². The lowest BCUT2D eigenvalue weighted by Gasteiger charge is -2.24. The normalized spacial score (nSPS) is 10.2. The van der Waals surface area contributed by atoms with Crippen LogP contribution in [0.1, 0.15) is 45.0 Å². The minimum Gasteiger partial charge on any atom is -0.370 e. The smallest absolute Gasteiger partial charge is 0.137 e. The van der Waals surface area contributed by atoms with Crippen LogP contribution in [0.25, 0.3) is 0 Å². The van der Waals surface area contributed by atoms with E-state index in [1.807, 2.05) is 6.92 Å². The van der Waals surface area contributed by atoms with E-state index in [9.17, 15) is 0 Å². The molecule has 0 fully saturated rings. The first kappa shape index (κ1) is 16.2. The molecule has 0 spiro atoms. The van der Waals surface area contributed by atoms with Crippen LogP contribution in [0, 0.1) is 18.3 Å². The van der Waals surface area contributed by atoms with E-state index >= 15 is 0 Å². The SMILES string of the molecule is CCCc1nc(NCC)c(C)c(N(CC)CCC#N)n1. The van der Waals surface area contributed by atoms with Crippen molar-refractivity contribution < 1.29 is 0 Å². The third kappa shape index (κ3) is 4.09. The van der Waals surface area contributed by atoms with Crippen LogP contribution in [0.15, 0.2) is 0 Å². The Kier molecular flexibility index (Phi) is 6.78. The van der Waals surface area contributed by atoms with Crippen molar-refractivity contribution in [1.82, 2.24) is 9.97 Å². The number of nitriles is 1. The van der Waals surface area contributed by atoms with E-state index in [-0.39, 0.29) is 0 Å². The molecule has 0 radical (unpaired) electrons. The van der Waals surface area contributed by atoms with Gasteiger partial charge in [0.25, 0.3) is 0 Å². The Bertz CT molecular complexity index is 464. The van der Waals surface area contributed by atoms with Gasteiger partial charge in [-0.25, -0.2) is 9.97 Å². The number of hydrogen-bond acceptors (Lipinski definition) is 5. The Morgan fingerprint density at radius 3 is 2.55 bits per heavy atom. The lowest BCUT2D eigenvalue weighted by atomic mass is 10.2. The molecule has 0 amide bonds. The molecule has 110 valence electrons. The summed E-state index contributed by atoms with van der Waals surface area (Å²) in [5, 5.41) is 12.1. The zero-order valence-corrected chi connectivity index (χ0v) is 13.0. The molecule has 0 aliphatic rings. The highest BCUT2D eigenvalue weighted by Crippen LogP contribution is 2.24. The van der Waals surface area contributed by atoms with Crippen LogP contribution >= 0.6 is 0 Å². The van der Waals surface area contributed by atoms with Crippen molar-refractivity contribution in [2.45, 2.75) is 47.0 Å². The molecule has 5 heteroatoms. The van der Waals surface area contributed by atoms with Crippen LogP contribution in [-0.4, -0.2) is 29.6 Å². The zero-order valence-electron chi connectivity index (χ0n) is 13.0. The predicted octanol–water partition coefficient (Wildman–Crippen LogP) is 2.91. The summed E-state index contributed by atoms with van der Waals surface area (Å²) in [6, 6.07) is 2.20. The van der Waals surface area contributed by atoms with E-state index in [1.165, 1.54) is 0 Å². The number of aryl methyl sites for hydroxylation is 1. The summed E-state index contributed by atoms with van der Waals surface area (Å²) in [5.74, 6) is 2.74. The third-order valence-electron chi connectivity index (χ3n) is 3.16. The van der Waals surface area contributed by atoms with Gasteiger partial charge in [0, 0.05) is 31.6 Å². The highest BCUT2D eigenvalue weighted by Gasteiger charge is 2.15. The van der Waals surface area contributed by atoms with E-state index < -0.39 is 0 Å². The van der Waals surface area contributed by atoms with E-state index in [0.29, 0.717) is 13.0 Å². The first-order valence-corrected chi connectivity index (χ1v) is 7.41. The Hall–Kier alpha value is -1.83. The van der Waals surface area contributed by atoms with Gasteiger partial charge in [-0.1, -0.05) is 6.92 Å². The molecule has 0 atom stereocenters. The van der Waals surface area contributed by atoms with Crippen molar-refractivity contribution in [2.24, 2.45) is 0 Å². The Balaban J connectivity index is 3.16. The van der Waals surface area contributed by atoms with Gasteiger partial charge in [0.2, 0.25) is 0 Å². The van der Waals surface area contributed by atoms with Gasteiger partial charge in [-0.05, 0) is 27.2 Å². The Morgan fingerprint density at radius 2 is 2.00 bits per heavy atom. The molecule has 0 saturated heterocycles. The summed E-state index contributed by atoms with van der Waals surface area (Å²) in [7, 11) is 0. The minimum absolute atomic E-state index is 0.511. The third-order valence-corrected chi connectivity index (χ3v) is 3.16. The summed E-state index contributed by atoms with van der Waals surface area (Å²) < 4.78 is 0. The van der Waals surface area contributed by atoms with Gasteiger partial charge in [0.15, 0.2) is 0 Å². The van der Waals surface area contributed by atoms with Gasteiger partial charge in [-0.15, -0.1) is 0 Å². The van der Waals surface area contributed by atoms with Crippen molar-refractivity contribution in [3.63, 3.8) is 0 Å². The fraction of sp³-hybridized carbons (Fsp3) is 0.667. The van der Waals surface area contributed by atoms with Crippen LogP contribution in [0.2, 0.25) is 0 Å². The van der Waals surface area contributed by atoms with Crippen molar-refractivity contribution in [3.05, 3.63) is 11.4 Å². The lowest BCUT2D eigenvalue weighted by Crippen LogP contribution is -2.27. The van der Waals surface area contributed by atoms with Crippen LogP contribution in [0.4, 0.5) is 11.6 Å². The molecular weight excluding hydrogens is 250 g/mol. The predicted molar refractivity (Wildman–Crippen MR) is 83.0 cm³/mol. The van der Waals surface area contributed by atoms with Gasteiger partial charge in [0.05, 0.1) is 12.5 Å². The molecule has 0 aromatic carbocycles. The second-order valence-corrected chi connectivity index (χ2v) is 4.71. The van der Waals surface area contributed by atoms with E-state index in [0.717, 1.165) is 49.0 Å². The zero-order chi connectivity index (χ0) is 15.0. The first-order valence-electron chi connectivity index (χ1n) is 7.41. The standard InChI is InChI=1S/C15H25N5/c1-5-9-13-18-14(17-6-2)12(4)15(19-13)20(7-3)11-8-10-16/h5-9,11H2,1-4H3,(H,17,18,19). The highest BCUT2D eigenvalue weighted by atomic mass is 15.2. The maximum atomic E-state index is 8.78. The number of nitrogens with one attached hydrogen (secondary N) is 1. The van der Waals surface area contributed by atoms with Crippen molar-refractivity contribution in [3.8, 4) is 6.07 Å². The highest BCUT2D eigenvalue weighted by molar-refractivity contribution is 5.58. The summed E-state index contributed by atoms with van der Waals surface area (Å²) >= 11 is 0. The number of aromatic nitrogens is 2. The summed E-state index contributed by atoms with van der Waals surface area (Å²) in [5.41, 5.74) is 1.06. The van der Waals surface area contributed by atoms with Crippen LogP contribution in [-0.2, 0) is 6.42 Å². The van der Waals surface area contributed by atoms with Crippen molar-refractivity contribution >= 4 is 11.6 Å². The van der Waals surface area contributed by atoms with E-state index in [4.69, 9.17) is 10.2 Å². The summed E-state index contributed by atoms with van der Waals surface area (Å²) in [4.78, 5) is 11.4. The fourth-order valence-electron chi connectivity index (χ4n) is 2.13. The first-order chi connectivity index (χ1) is 9.67. The molecule has 1 aromatic heterocycles. The van der Waals surface area contributed by atoms with Crippen LogP contribution in [0.3, 0.4) is 0 Å². The molecule has 1 rings (SSSR count). The number of anilines is 2. The van der Waals surface area contributed by atoms with Crippen LogP contribution in [0.5, 0.6) is 0 Å². The molecule has 0 bridgehead atoms. The molecule has 1 N–H and O–H groups in total.